The summed E-state index contributed by atoms with van der Waals surface area (Å²) in [4.78, 5) is 0. The molecule has 0 nitrogen and oxygen atoms in total. The molecule has 0 aliphatic heterocycles. The summed E-state index contributed by atoms with van der Waals surface area (Å²) in [7, 11) is 0. The SMILES string of the molecule is [CH2]/C=C/c1ccc(C)c(C)c1. The summed E-state index contributed by atoms with van der Waals surface area (Å²) in [5.41, 5.74) is 3.90. The van der Waals surface area contributed by atoms with Crippen LogP contribution >= 0.6 is 0 Å². The lowest BCUT2D eigenvalue weighted by atomic mass is 10.1. The zero-order valence-corrected chi connectivity index (χ0v) is 7.09. The minimum atomic E-state index is 1.23. The van der Waals surface area contributed by atoms with Crippen molar-refractivity contribution >= 4 is 6.08 Å². The summed E-state index contributed by atoms with van der Waals surface area (Å²) in [5.74, 6) is 0. The van der Waals surface area contributed by atoms with Crippen LogP contribution < -0.4 is 0 Å². The molecule has 0 atom stereocenters. The van der Waals surface area contributed by atoms with E-state index in [2.05, 4.69) is 39.0 Å². The molecule has 0 spiro atoms. The first kappa shape index (κ1) is 8.06. The third-order valence-electron chi connectivity index (χ3n) is 1.84. The molecule has 0 saturated heterocycles. The first-order valence-corrected chi connectivity index (χ1v) is 3.77. The lowest BCUT2D eigenvalue weighted by molar-refractivity contribution is 1.33. The van der Waals surface area contributed by atoms with Crippen molar-refractivity contribution in [3.05, 3.63) is 47.9 Å². The van der Waals surface area contributed by atoms with E-state index in [1.54, 1.807) is 0 Å². The number of benzene rings is 1. The topological polar surface area (TPSA) is 0 Å². The van der Waals surface area contributed by atoms with Crippen LogP contribution in [0.25, 0.3) is 6.08 Å². The summed E-state index contributed by atoms with van der Waals surface area (Å²) in [5, 5.41) is 0. The highest BCUT2D eigenvalue weighted by Gasteiger charge is 1.91. The Kier molecular flexibility index (Phi) is 2.48. The standard InChI is InChI=1S/C11H13/c1-4-5-11-7-6-9(2)10(3)8-11/h4-8H,1H2,2-3H3/b5-4+. The van der Waals surface area contributed by atoms with Crippen molar-refractivity contribution in [1.29, 1.82) is 0 Å². The van der Waals surface area contributed by atoms with Crippen molar-refractivity contribution in [2.75, 3.05) is 0 Å². The van der Waals surface area contributed by atoms with Gasteiger partial charge >= 0.3 is 0 Å². The van der Waals surface area contributed by atoms with E-state index in [-0.39, 0.29) is 0 Å². The van der Waals surface area contributed by atoms with Gasteiger partial charge in [0.15, 0.2) is 0 Å². The molecule has 0 fully saturated rings. The van der Waals surface area contributed by atoms with Gasteiger partial charge in [0.1, 0.15) is 0 Å². The van der Waals surface area contributed by atoms with Gasteiger partial charge in [-0.05, 0) is 37.5 Å². The molecule has 1 aromatic rings. The van der Waals surface area contributed by atoms with E-state index in [1.165, 1.54) is 16.7 Å². The van der Waals surface area contributed by atoms with Gasteiger partial charge in [0, 0.05) is 0 Å². The van der Waals surface area contributed by atoms with Crippen molar-refractivity contribution in [3.8, 4) is 0 Å². The fourth-order valence-corrected chi connectivity index (χ4v) is 1.00. The van der Waals surface area contributed by atoms with Crippen LogP contribution in [0.4, 0.5) is 0 Å². The molecular weight excluding hydrogens is 132 g/mol. The fourth-order valence-electron chi connectivity index (χ4n) is 1.00. The summed E-state index contributed by atoms with van der Waals surface area (Å²) < 4.78 is 0. The molecule has 0 bridgehead atoms. The normalized spacial score (nSPS) is 10.8. The van der Waals surface area contributed by atoms with Crippen molar-refractivity contribution in [3.63, 3.8) is 0 Å². The first-order valence-electron chi connectivity index (χ1n) is 3.77. The van der Waals surface area contributed by atoms with E-state index in [4.69, 9.17) is 0 Å². The van der Waals surface area contributed by atoms with Crippen LogP contribution in [0.1, 0.15) is 16.7 Å². The average molecular weight is 145 g/mol. The smallest absolute Gasteiger partial charge is 0.0257 e. The second-order valence-electron chi connectivity index (χ2n) is 2.75. The van der Waals surface area contributed by atoms with Crippen LogP contribution in [0.15, 0.2) is 24.3 Å². The summed E-state index contributed by atoms with van der Waals surface area (Å²) in [6.07, 6.45) is 3.82. The molecule has 1 radical (unpaired) electrons. The monoisotopic (exact) mass is 145 g/mol. The summed E-state index contributed by atoms with van der Waals surface area (Å²) in [6, 6.07) is 6.39. The van der Waals surface area contributed by atoms with Crippen LogP contribution in [0.3, 0.4) is 0 Å². The van der Waals surface area contributed by atoms with Crippen LogP contribution in [0.2, 0.25) is 0 Å². The molecule has 1 rings (SSSR count). The molecule has 1 aromatic carbocycles. The number of rotatable bonds is 1. The Bertz CT molecular complexity index is 269. The van der Waals surface area contributed by atoms with Gasteiger partial charge in [-0.3, -0.25) is 0 Å². The molecule has 11 heavy (non-hydrogen) atoms. The van der Waals surface area contributed by atoms with E-state index in [1.807, 2.05) is 12.2 Å². The van der Waals surface area contributed by atoms with Gasteiger partial charge in [0.05, 0.1) is 0 Å². The zero-order valence-electron chi connectivity index (χ0n) is 7.09. The molecule has 57 valence electrons. The van der Waals surface area contributed by atoms with Crippen molar-refractivity contribution in [1.82, 2.24) is 0 Å². The van der Waals surface area contributed by atoms with Crippen molar-refractivity contribution in [2.45, 2.75) is 13.8 Å². The molecule has 0 amide bonds. The van der Waals surface area contributed by atoms with Crippen molar-refractivity contribution < 1.29 is 0 Å². The van der Waals surface area contributed by atoms with Gasteiger partial charge < -0.3 is 0 Å². The molecule has 0 aliphatic carbocycles. The molecule has 0 saturated carbocycles. The van der Waals surface area contributed by atoms with Crippen LogP contribution in [-0.2, 0) is 0 Å². The molecule has 0 heterocycles. The molecule has 0 heteroatoms. The van der Waals surface area contributed by atoms with E-state index >= 15 is 0 Å². The quantitative estimate of drug-likeness (QED) is 0.569. The Morgan fingerprint density at radius 1 is 1.18 bits per heavy atom. The van der Waals surface area contributed by atoms with Gasteiger partial charge in [-0.15, -0.1) is 0 Å². The summed E-state index contributed by atoms with van der Waals surface area (Å²) >= 11 is 0. The zero-order chi connectivity index (χ0) is 8.27. The van der Waals surface area contributed by atoms with E-state index in [9.17, 15) is 0 Å². The lowest BCUT2D eigenvalue weighted by Crippen LogP contribution is -1.80. The Balaban J connectivity index is 3.05. The second-order valence-corrected chi connectivity index (χ2v) is 2.75. The van der Waals surface area contributed by atoms with Crippen LogP contribution in [-0.4, -0.2) is 0 Å². The van der Waals surface area contributed by atoms with Gasteiger partial charge in [0.25, 0.3) is 0 Å². The average Bonchev–Trinajstić information content (AvgIpc) is 1.98. The van der Waals surface area contributed by atoms with E-state index in [0.717, 1.165) is 0 Å². The first-order chi connectivity index (χ1) is 5.24. The highest BCUT2D eigenvalue weighted by atomic mass is 14.0. The fraction of sp³-hybridized carbons (Fsp3) is 0.182. The van der Waals surface area contributed by atoms with Crippen molar-refractivity contribution in [2.24, 2.45) is 0 Å². The highest BCUT2D eigenvalue weighted by Crippen LogP contribution is 2.10. The Labute approximate surface area is 68.6 Å². The largest absolute Gasteiger partial charge is 0.0836 e. The summed E-state index contributed by atoms with van der Waals surface area (Å²) in [6.45, 7) is 7.89. The van der Waals surface area contributed by atoms with Gasteiger partial charge in [-0.25, -0.2) is 0 Å². The van der Waals surface area contributed by atoms with E-state index < -0.39 is 0 Å². The highest BCUT2D eigenvalue weighted by molar-refractivity contribution is 5.51. The third kappa shape index (κ3) is 1.94. The molecule has 0 N–H and O–H groups in total. The van der Waals surface area contributed by atoms with Crippen LogP contribution in [0.5, 0.6) is 0 Å². The Morgan fingerprint density at radius 3 is 2.45 bits per heavy atom. The Morgan fingerprint density at radius 2 is 1.91 bits per heavy atom. The number of hydrogen-bond donors (Lipinski definition) is 0. The predicted molar refractivity (Wildman–Crippen MR) is 50.3 cm³/mol. The number of allylic oxidation sites excluding steroid dienone is 1. The van der Waals surface area contributed by atoms with Gasteiger partial charge in [-0.2, -0.15) is 0 Å². The molecule has 0 aliphatic rings. The Hall–Kier alpha value is -1.04. The number of aryl methyl sites for hydroxylation is 2. The maximum absolute atomic E-state index is 3.65. The predicted octanol–water partition coefficient (Wildman–Crippen LogP) is 3.15. The molecular formula is C11H13. The molecule has 0 unspecified atom stereocenters. The van der Waals surface area contributed by atoms with E-state index in [0.29, 0.717) is 0 Å². The number of hydrogen-bond acceptors (Lipinski definition) is 0. The maximum atomic E-state index is 3.65. The molecule has 0 aromatic heterocycles. The van der Waals surface area contributed by atoms with Gasteiger partial charge in [-0.1, -0.05) is 30.4 Å². The minimum Gasteiger partial charge on any atom is -0.0836 e. The van der Waals surface area contributed by atoms with Gasteiger partial charge in [0.2, 0.25) is 0 Å². The second kappa shape index (κ2) is 3.38. The van der Waals surface area contributed by atoms with Crippen LogP contribution in [0, 0.1) is 20.8 Å². The lowest BCUT2D eigenvalue weighted by Gasteiger charge is -1.99. The maximum Gasteiger partial charge on any atom is -0.0257 e. The minimum absolute atomic E-state index is 1.23. The third-order valence-corrected chi connectivity index (χ3v) is 1.84.